The number of benzene rings is 1. The van der Waals surface area contributed by atoms with Gasteiger partial charge in [0.1, 0.15) is 0 Å². The van der Waals surface area contributed by atoms with Gasteiger partial charge in [-0.2, -0.15) is 0 Å². The highest BCUT2D eigenvalue weighted by atomic mass is 32.2. The lowest BCUT2D eigenvalue weighted by molar-refractivity contribution is -0.115. The molecule has 6 nitrogen and oxygen atoms in total. The lowest BCUT2D eigenvalue weighted by Gasteiger charge is -2.25. The molecule has 1 aliphatic rings. The number of aromatic nitrogens is 2. The maximum Gasteiger partial charge on any atom is 0.237 e. The first-order valence-corrected chi connectivity index (χ1v) is 9.94. The van der Waals surface area contributed by atoms with Crippen molar-refractivity contribution in [2.45, 2.75) is 30.4 Å². The second-order valence-corrected chi connectivity index (χ2v) is 8.51. The molecule has 1 N–H and O–H groups in total. The predicted octanol–water partition coefficient (Wildman–Crippen LogP) is 3.11. The van der Waals surface area contributed by atoms with E-state index in [1.165, 1.54) is 23.1 Å². The Morgan fingerprint density at radius 1 is 1.28 bits per heavy atom. The minimum atomic E-state index is -0.246. The van der Waals surface area contributed by atoms with Crippen LogP contribution in [0.4, 0.5) is 10.8 Å². The number of hydrogen-bond acceptors (Lipinski definition) is 7. The van der Waals surface area contributed by atoms with Gasteiger partial charge in [0.2, 0.25) is 11.0 Å². The average molecular weight is 379 g/mol. The third kappa shape index (κ3) is 4.50. The van der Waals surface area contributed by atoms with Crippen LogP contribution in [0, 0.1) is 13.8 Å². The highest BCUT2D eigenvalue weighted by Crippen LogP contribution is 2.32. The van der Waals surface area contributed by atoms with E-state index < -0.39 is 0 Å². The van der Waals surface area contributed by atoms with Crippen LogP contribution in [0.3, 0.4) is 0 Å². The molecular formula is C17H22N4O2S2. The van der Waals surface area contributed by atoms with Gasteiger partial charge in [-0.3, -0.25) is 4.79 Å². The maximum atomic E-state index is 12.5. The van der Waals surface area contributed by atoms with E-state index in [1.54, 1.807) is 0 Å². The minimum absolute atomic E-state index is 0.0227. The van der Waals surface area contributed by atoms with Crippen LogP contribution in [0.2, 0.25) is 0 Å². The van der Waals surface area contributed by atoms with E-state index in [4.69, 9.17) is 4.74 Å². The molecule has 0 radical (unpaired) electrons. The van der Waals surface area contributed by atoms with Crippen LogP contribution in [0.25, 0.3) is 0 Å². The first kappa shape index (κ1) is 18.2. The largest absolute Gasteiger partial charge is 0.378 e. The number of para-hydroxylation sites is 1. The maximum absolute atomic E-state index is 12.5. The lowest BCUT2D eigenvalue weighted by Crippen LogP contribution is -2.36. The van der Waals surface area contributed by atoms with Crippen molar-refractivity contribution in [2.75, 3.05) is 36.5 Å². The molecular weight excluding hydrogens is 356 g/mol. The highest BCUT2D eigenvalue weighted by Gasteiger charge is 2.20. The Morgan fingerprint density at radius 2 is 1.96 bits per heavy atom. The quantitative estimate of drug-likeness (QED) is 0.807. The smallest absolute Gasteiger partial charge is 0.237 e. The number of thioether (sulfide) groups is 1. The van der Waals surface area contributed by atoms with E-state index in [0.717, 1.165) is 52.6 Å². The number of nitrogens with zero attached hydrogens (tertiary/aromatic N) is 3. The van der Waals surface area contributed by atoms with Crippen LogP contribution in [0.1, 0.15) is 18.1 Å². The summed E-state index contributed by atoms with van der Waals surface area (Å²) in [5.74, 6) is -0.0227. The molecule has 1 unspecified atom stereocenters. The summed E-state index contributed by atoms with van der Waals surface area (Å²) in [6.07, 6.45) is 0. The van der Waals surface area contributed by atoms with Crippen molar-refractivity contribution < 1.29 is 9.53 Å². The van der Waals surface area contributed by atoms with Crippen LogP contribution < -0.4 is 10.2 Å². The fourth-order valence-electron chi connectivity index (χ4n) is 2.57. The van der Waals surface area contributed by atoms with Gasteiger partial charge in [0.25, 0.3) is 0 Å². The molecule has 8 heteroatoms. The molecule has 2 heterocycles. The van der Waals surface area contributed by atoms with Gasteiger partial charge in [0, 0.05) is 18.8 Å². The number of nitrogens with one attached hydrogen (secondary N) is 1. The minimum Gasteiger partial charge on any atom is -0.378 e. The number of carbonyl (C=O) groups excluding carboxylic acids is 1. The Morgan fingerprint density at radius 3 is 2.64 bits per heavy atom. The molecule has 1 aromatic carbocycles. The van der Waals surface area contributed by atoms with E-state index in [1.807, 2.05) is 39.0 Å². The number of aryl methyl sites for hydroxylation is 2. The summed E-state index contributed by atoms with van der Waals surface area (Å²) in [6.45, 7) is 9.00. The van der Waals surface area contributed by atoms with Crippen LogP contribution in [0.5, 0.6) is 0 Å². The van der Waals surface area contributed by atoms with E-state index in [-0.39, 0.29) is 11.2 Å². The van der Waals surface area contributed by atoms with Crippen molar-refractivity contribution in [3.63, 3.8) is 0 Å². The fourth-order valence-corrected chi connectivity index (χ4v) is 4.61. The van der Waals surface area contributed by atoms with Gasteiger partial charge in [-0.25, -0.2) is 0 Å². The average Bonchev–Trinajstić information content (AvgIpc) is 3.07. The molecule has 1 saturated heterocycles. The summed E-state index contributed by atoms with van der Waals surface area (Å²) in [4.78, 5) is 14.7. The van der Waals surface area contributed by atoms with Gasteiger partial charge in [-0.05, 0) is 31.9 Å². The van der Waals surface area contributed by atoms with Crippen molar-refractivity contribution in [1.82, 2.24) is 10.2 Å². The molecule has 1 atom stereocenters. The highest BCUT2D eigenvalue weighted by molar-refractivity contribution is 8.02. The zero-order valence-electron chi connectivity index (χ0n) is 14.6. The number of amides is 1. The van der Waals surface area contributed by atoms with Crippen molar-refractivity contribution >= 4 is 39.8 Å². The molecule has 1 aromatic heterocycles. The summed E-state index contributed by atoms with van der Waals surface area (Å²) in [5.41, 5.74) is 3.03. The molecule has 0 spiro atoms. The van der Waals surface area contributed by atoms with E-state index in [0.29, 0.717) is 0 Å². The van der Waals surface area contributed by atoms with E-state index in [2.05, 4.69) is 20.4 Å². The molecule has 2 aromatic rings. The summed E-state index contributed by atoms with van der Waals surface area (Å²) in [5, 5.41) is 12.2. The van der Waals surface area contributed by atoms with Gasteiger partial charge in [0.15, 0.2) is 4.34 Å². The molecule has 3 rings (SSSR count). The van der Waals surface area contributed by atoms with Crippen LogP contribution in [0.15, 0.2) is 22.5 Å². The number of morpholine rings is 1. The lowest BCUT2D eigenvalue weighted by atomic mass is 10.1. The zero-order chi connectivity index (χ0) is 17.8. The summed E-state index contributed by atoms with van der Waals surface area (Å²) < 4.78 is 6.17. The Labute approximate surface area is 156 Å². The van der Waals surface area contributed by atoms with Crippen LogP contribution >= 0.6 is 23.1 Å². The molecule has 0 saturated carbocycles. The van der Waals surface area contributed by atoms with Gasteiger partial charge in [0.05, 0.1) is 18.5 Å². The Hall–Kier alpha value is -1.64. The van der Waals surface area contributed by atoms with E-state index in [9.17, 15) is 4.79 Å². The van der Waals surface area contributed by atoms with Crippen LogP contribution in [-0.2, 0) is 9.53 Å². The van der Waals surface area contributed by atoms with Gasteiger partial charge < -0.3 is 15.0 Å². The third-order valence-electron chi connectivity index (χ3n) is 4.05. The summed E-state index contributed by atoms with van der Waals surface area (Å²) >= 11 is 2.97. The first-order chi connectivity index (χ1) is 12.0. The van der Waals surface area contributed by atoms with Crippen molar-refractivity contribution in [1.29, 1.82) is 0 Å². The number of carbonyl (C=O) groups is 1. The Bertz CT molecular complexity index is 724. The molecule has 1 aliphatic heterocycles. The standard InChI is InChI=1S/C17H22N4O2S2/c1-11-5-4-6-12(2)14(11)18-15(22)13(3)24-17-20-19-16(25-17)21-7-9-23-10-8-21/h4-6,13H,7-10H2,1-3H3,(H,18,22). The molecule has 0 bridgehead atoms. The van der Waals surface area contributed by atoms with Crippen molar-refractivity contribution in [3.05, 3.63) is 29.3 Å². The summed E-state index contributed by atoms with van der Waals surface area (Å²) in [6, 6.07) is 5.99. The second-order valence-electron chi connectivity index (χ2n) is 5.97. The molecule has 1 amide bonds. The number of rotatable bonds is 5. The topological polar surface area (TPSA) is 67.4 Å². The SMILES string of the molecule is Cc1cccc(C)c1NC(=O)C(C)Sc1nnc(N2CCOCC2)s1. The molecule has 25 heavy (non-hydrogen) atoms. The summed E-state index contributed by atoms with van der Waals surface area (Å²) in [7, 11) is 0. The fraction of sp³-hybridized carbons (Fsp3) is 0.471. The first-order valence-electron chi connectivity index (χ1n) is 8.24. The molecule has 1 fully saturated rings. The third-order valence-corrected chi connectivity index (χ3v) is 6.22. The predicted molar refractivity (Wildman–Crippen MR) is 103 cm³/mol. The van der Waals surface area contributed by atoms with Gasteiger partial charge >= 0.3 is 0 Å². The van der Waals surface area contributed by atoms with Gasteiger partial charge in [-0.1, -0.05) is 41.3 Å². The van der Waals surface area contributed by atoms with Gasteiger partial charge in [-0.15, -0.1) is 10.2 Å². The monoisotopic (exact) mass is 378 g/mol. The van der Waals surface area contributed by atoms with Crippen molar-refractivity contribution in [2.24, 2.45) is 0 Å². The Kier molecular flexibility index (Phi) is 5.93. The van der Waals surface area contributed by atoms with Crippen LogP contribution in [-0.4, -0.2) is 47.7 Å². The van der Waals surface area contributed by atoms with E-state index >= 15 is 0 Å². The molecule has 134 valence electrons. The normalized spacial score (nSPS) is 15.9. The number of ether oxygens (including phenoxy) is 1. The van der Waals surface area contributed by atoms with Crippen molar-refractivity contribution in [3.8, 4) is 0 Å². The zero-order valence-corrected chi connectivity index (χ0v) is 16.2. The number of hydrogen-bond donors (Lipinski definition) is 1. The second kappa shape index (κ2) is 8.16. The Balaban J connectivity index is 1.61. The molecule has 0 aliphatic carbocycles. The number of anilines is 2.